The number of alkyl halides is 6. The van der Waals surface area contributed by atoms with Gasteiger partial charge in [-0.3, -0.25) is 9.36 Å². The Labute approximate surface area is 202 Å². The van der Waals surface area contributed by atoms with Crippen molar-refractivity contribution in [2.45, 2.75) is 25.6 Å². The zero-order chi connectivity index (χ0) is 26.4. The summed E-state index contributed by atoms with van der Waals surface area (Å²) in [5.41, 5.74) is 8.48. The molecule has 0 radical (unpaired) electrons. The van der Waals surface area contributed by atoms with Gasteiger partial charge in [0.05, 0.1) is 24.6 Å². The highest BCUT2D eigenvalue weighted by Crippen LogP contribution is 2.29. The van der Waals surface area contributed by atoms with Gasteiger partial charge in [0.1, 0.15) is 6.54 Å². The number of nitrogens with zero attached hydrogens (tertiary/aromatic N) is 8. The molecule has 16 heteroatoms. The SMILES string of the molecule is Nc1nc2cc(-c3cnn(Cc4ccnc(OC(F)(F)F)c4)c3)cc(-c3cnn(CC(F)(F)F)c3)n2n1. The highest BCUT2D eigenvalue weighted by molar-refractivity contribution is 5.74. The maximum atomic E-state index is 12.8. The highest BCUT2D eigenvalue weighted by Gasteiger charge is 2.32. The Morgan fingerprint density at radius 2 is 1.62 bits per heavy atom. The minimum Gasteiger partial charge on any atom is -0.388 e. The van der Waals surface area contributed by atoms with Crippen molar-refractivity contribution in [3.05, 3.63) is 60.8 Å². The number of halogens is 6. The molecular weight excluding hydrogens is 508 g/mol. The third-order valence-electron chi connectivity index (χ3n) is 5.05. The molecule has 5 rings (SSSR count). The summed E-state index contributed by atoms with van der Waals surface area (Å²) in [4.78, 5) is 7.69. The maximum Gasteiger partial charge on any atom is 0.574 e. The van der Waals surface area contributed by atoms with Crippen molar-refractivity contribution in [1.29, 1.82) is 0 Å². The Hall–Kier alpha value is -4.63. The van der Waals surface area contributed by atoms with Gasteiger partial charge in [0.15, 0.2) is 5.65 Å². The molecule has 0 unspecified atom stereocenters. The van der Waals surface area contributed by atoms with E-state index in [9.17, 15) is 26.3 Å². The third kappa shape index (κ3) is 5.62. The van der Waals surface area contributed by atoms with Gasteiger partial charge < -0.3 is 10.5 Å². The molecule has 0 aromatic carbocycles. The van der Waals surface area contributed by atoms with E-state index in [1.807, 2.05) is 0 Å². The number of nitrogen functional groups attached to an aromatic ring is 1. The Morgan fingerprint density at radius 1 is 0.892 bits per heavy atom. The fraction of sp³-hybridized carbons (Fsp3) is 0.190. The molecule has 37 heavy (non-hydrogen) atoms. The van der Waals surface area contributed by atoms with Gasteiger partial charge in [0.2, 0.25) is 11.8 Å². The highest BCUT2D eigenvalue weighted by atomic mass is 19.4. The predicted molar refractivity (Wildman–Crippen MR) is 116 cm³/mol. The van der Waals surface area contributed by atoms with Crippen molar-refractivity contribution in [1.82, 2.24) is 39.1 Å². The molecule has 5 heterocycles. The van der Waals surface area contributed by atoms with E-state index in [4.69, 9.17) is 5.73 Å². The molecule has 0 saturated carbocycles. The number of ether oxygens (including phenoxy) is 1. The normalized spacial score (nSPS) is 12.4. The minimum atomic E-state index is -4.87. The van der Waals surface area contributed by atoms with Gasteiger partial charge in [-0.15, -0.1) is 18.3 Å². The number of nitrogens with two attached hydrogens (primary N) is 1. The van der Waals surface area contributed by atoms with E-state index < -0.39 is 25.0 Å². The second kappa shape index (κ2) is 8.79. The van der Waals surface area contributed by atoms with E-state index in [0.29, 0.717) is 33.6 Å². The molecule has 5 aromatic rings. The molecule has 0 aliphatic rings. The topological polar surface area (TPSA) is 114 Å². The van der Waals surface area contributed by atoms with Crippen molar-refractivity contribution in [2.75, 3.05) is 5.73 Å². The lowest BCUT2D eigenvalue weighted by atomic mass is 10.1. The van der Waals surface area contributed by atoms with Crippen LogP contribution in [0.3, 0.4) is 0 Å². The molecule has 10 nitrogen and oxygen atoms in total. The zero-order valence-electron chi connectivity index (χ0n) is 18.4. The first kappa shape index (κ1) is 24.1. The van der Waals surface area contributed by atoms with Gasteiger partial charge in [-0.25, -0.2) is 9.50 Å². The number of hydrogen-bond donors (Lipinski definition) is 1. The Morgan fingerprint density at radius 3 is 2.38 bits per heavy atom. The number of anilines is 1. The summed E-state index contributed by atoms with van der Waals surface area (Å²) < 4.78 is 83.2. The molecule has 0 spiro atoms. The van der Waals surface area contributed by atoms with Crippen LogP contribution in [-0.4, -0.2) is 51.7 Å². The van der Waals surface area contributed by atoms with Crippen LogP contribution in [0.4, 0.5) is 32.3 Å². The first-order valence-electron chi connectivity index (χ1n) is 10.4. The van der Waals surface area contributed by atoms with Crippen molar-refractivity contribution < 1.29 is 31.1 Å². The Bertz CT molecular complexity index is 1570. The smallest absolute Gasteiger partial charge is 0.388 e. The molecule has 0 fully saturated rings. The molecular formula is C21H15F6N9O. The summed E-state index contributed by atoms with van der Waals surface area (Å²) in [5, 5.41) is 12.1. The van der Waals surface area contributed by atoms with Crippen LogP contribution in [0, 0.1) is 0 Å². The lowest BCUT2D eigenvalue weighted by Crippen LogP contribution is -2.18. The molecule has 0 atom stereocenters. The van der Waals surface area contributed by atoms with Crippen LogP contribution in [0.1, 0.15) is 5.56 Å². The fourth-order valence-electron chi connectivity index (χ4n) is 3.65. The quantitative estimate of drug-likeness (QED) is 0.336. The molecule has 0 aliphatic heterocycles. The van der Waals surface area contributed by atoms with E-state index in [1.165, 1.54) is 40.1 Å². The number of aromatic nitrogens is 8. The lowest BCUT2D eigenvalue weighted by Gasteiger charge is -2.09. The number of hydrogen-bond acceptors (Lipinski definition) is 7. The molecule has 0 amide bonds. The van der Waals surface area contributed by atoms with Gasteiger partial charge in [0.25, 0.3) is 0 Å². The van der Waals surface area contributed by atoms with Gasteiger partial charge in [-0.1, -0.05) is 0 Å². The van der Waals surface area contributed by atoms with Crippen LogP contribution in [0.15, 0.2) is 55.2 Å². The lowest BCUT2D eigenvalue weighted by molar-refractivity contribution is -0.276. The van der Waals surface area contributed by atoms with Crippen LogP contribution in [0.2, 0.25) is 0 Å². The Kier molecular flexibility index (Phi) is 5.72. The van der Waals surface area contributed by atoms with Crippen LogP contribution in [0.25, 0.3) is 28.0 Å². The van der Waals surface area contributed by atoms with Gasteiger partial charge in [-0.05, 0) is 29.3 Å². The molecule has 0 bridgehead atoms. The van der Waals surface area contributed by atoms with Crippen LogP contribution < -0.4 is 10.5 Å². The number of rotatable bonds is 6. The molecule has 0 aliphatic carbocycles. The molecule has 5 aromatic heterocycles. The third-order valence-corrected chi connectivity index (χ3v) is 5.05. The van der Waals surface area contributed by atoms with Gasteiger partial charge in [-0.2, -0.15) is 28.4 Å². The van der Waals surface area contributed by atoms with E-state index >= 15 is 0 Å². The predicted octanol–water partition coefficient (Wildman–Crippen LogP) is 3.94. The number of fused-ring (bicyclic) bond motifs is 1. The van der Waals surface area contributed by atoms with Crippen LogP contribution >= 0.6 is 0 Å². The summed E-state index contributed by atoms with van der Waals surface area (Å²) in [6, 6.07) is 6.00. The van der Waals surface area contributed by atoms with Gasteiger partial charge >= 0.3 is 12.5 Å². The summed E-state index contributed by atoms with van der Waals surface area (Å²) >= 11 is 0. The van der Waals surface area contributed by atoms with E-state index in [1.54, 1.807) is 18.3 Å². The van der Waals surface area contributed by atoms with Crippen LogP contribution in [-0.2, 0) is 13.1 Å². The van der Waals surface area contributed by atoms with Crippen LogP contribution in [0.5, 0.6) is 5.88 Å². The second-order valence-corrected chi connectivity index (χ2v) is 7.89. The summed E-state index contributed by atoms with van der Waals surface area (Å²) in [5.74, 6) is -0.630. The average molecular weight is 523 g/mol. The number of pyridine rings is 2. The fourth-order valence-corrected chi connectivity index (χ4v) is 3.65. The minimum absolute atomic E-state index is 0.0358. The molecule has 2 N–H and O–H groups in total. The molecule has 0 saturated heterocycles. The largest absolute Gasteiger partial charge is 0.574 e. The summed E-state index contributed by atoms with van der Waals surface area (Å²) in [7, 11) is 0. The summed E-state index contributed by atoms with van der Waals surface area (Å²) in [6.07, 6.45) is -2.44. The molecule has 192 valence electrons. The van der Waals surface area contributed by atoms with E-state index in [-0.39, 0.29) is 12.5 Å². The monoisotopic (exact) mass is 523 g/mol. The van der Waals surface area contributed by atoms with Crippen molar-refractivity contribution in [3.63, 3.8) is 0 Å². The van der Waals surface area contributed by atoms with Crippen molar-refractivity contribution >= 4 is 11.6 Å². The van der Waals surface area contributed by atoms with Gasteiger partial charge in [0, 0.05) is 35.8 Å². The Balaban J connectivity index is 1.45. The van der Waals surface area contributed by atoms with Crippen molar-refractivity contribution in [3.8, 4) is 28.3 Å². The second-order valence-electron chi connectivity index (χ2n) is 7.89. The first-order valence-corrected chi connectivity index (χ1v) is 10.4. The van der Waals surface area contributed by atoms with E-state index in [0.717, 1.165) is 10.7 Å². The standard InChI is InChI=1S/C21H15F6N9O/c22-20(23,24)11-35-10-15(7-31-35)16-4-13(5-17-32-19(28)33-36(16)17)14-6-30-34(9-14)8-12-1-2-29-18(3-12)37-21(25,26)27/h1-7,9-10H,8,11H2,(H2,28,33). The van der Waals surface area contributed by atoms with Crippen molar-refractivity contribution in [2.24, 2.45) is 0 Å². The first-order chi connectivity index (χ1) is 17.4. The zero-order valence-corrected chi connectivity index (χ0v) is 18.4. The summed E-state index contributed by atoms with van der Waals surface area (Å²) in [6.45, 7) is -1.14. The average Bonchev–Trinajstić information content (AvgIpc) is 3.50. The van der Waals surface area contributed by atoms with E-state index in [2.05, 4.69) is 30.0 Å². The maximum absolute atomic E-state index is 12.8.